The molecule has 0 saturated carbocycles. The van der Waals surface area contributed by atoms with Crippen molar-refractivity contribution < 1.29 is 9.53 Å². The van der Waals surface area contributed by atoms with Crippen molar-refractivity contribution in [1.82, 2.24) is 10.2 Å². The third kappa shape index (κ3) is 6.20. The van der Waals surface area contributed by atoms with Crippen LogP contribution < -0.4 is 15.4 Å². The van der Waals surface area contributed by atoms with E-state index in [0.717, 1.165) is 17.0 Å². The lowest BCUT2D eigenvalue weighted by Crippen LogP contribution is -2.13. The van der Waals surface area contributed by atoms with Crippen LogP contribution in [-0.2, 0) is 11.2 Å². The van der Waals surface area contributed by atoms with E-state index in [1.807, 2.05) is 43.3 Å². The Morgan fingerprint density at radius 3 is 2.76 bits per heavy atom. The monoisotopic (exact) mass is 425 g/mol. The summed E-state index contributed by atoms with van der Waals surface area (Å²) in [5.41, 5.74) is 2.43. The van der Waals surface area contributed by atoms with Crippen LogP contribution in [0.1, 0.15) is 12.5 Å². The summed E-state index contributed by atoms with van der Waals surface area (Å²) in [6, 6.07) is 17.0. The molecule has 0 aliphatic rings. The highest BCUT2D eigenvalue weighted by atomic mass is 32.2. The van der Waals surface area contributed by atoms with Gasteiger partial charge in [0.25, 0.3) is 0 Å². The quantitative estimate of drug-likeness (QED) is 0.488. The van der Waals surface area contributed by atoms with Crippen molar-refractivity contribution in [2.75, 3.05) is 23.0 Å². The van der Waals surface area contributed by atoms with Gasteiger partial charge in [-0.05, 0) is 36.8 Å². The highest BCUT2D eigenvalue weighted by Crippen LogP contribution is 2.31. The van der Waals surface area contributed by atoms with Crippen LogP contribution in [0.15, 0.2) is 52.9 Å². The van der Waals surface area contributed by atoms with Crippen LogP contribution >= 0.6 is 23.1 Å². The number of para-hydroxylation sites is 2. The standard InChI is InChI=1S/C20H19N5O2S2/c1-2-27-17-6-4-3-5-16(17)23-19-24-25-20(29-19)28-13-18(26)22-15-9-7-14(8-10-15)11-12-21/h3-10H,2,11,13H2,1H3,(H,22,26)(H,23,24). The van der Waals surface area contributed by atoms with Crippen LogP contribution in [0, 0.1) is 11.3 Å². The molecule has 0 spiro atoms. The van der Waals surface area contributed by atoms with Gasteiger partial charge in [0.1, 0.15) is 5.75 Å². The van der Waals surface area contributed by atoms with Crippen LogP contribution in [-0.4, -0.2) is 28.5 Å². The minimum absolute atomic E-state index is 0.130. The maximum atomic E-state index is 12.2. The fourth-order valence-corrected chi connectivity index (χ4v) is 3.97. The molecule has 9 heteroatoms. The van der Waals surface area contributed by atoms with Crippen molar-refractivity contribution in [2.45, 2.75) is 17.7 Å². The van der Waals surface area contributed by atoms with Gasteiger partial charge in [-0.3, -0.25) is 4.79 Å². The second-order valence-electron chi connectivity index (χ2n) is 5.80. The summed E-state index contributed by atoms with van der Waals surface area (Å²) in [7, 11) is 0. The molecule has 1 amide bonds. The summed E-state index contributed by atoms with van der Waals surface area (Å²) in [5, 5.41) is 23.6. The van der Waals surface area contributed by atoms with E-state index in [1.165, 1.54) is 23.1 Å². The molecular formula is C20H19N5O2S2. The van der Waals surface area contributed by atoms with Crippen molar-refractivity contribution in [3.8, 4) is 11.8 Å². The Morgan fingerprint density at radius 1 is 1.21 bits per heavy atom. The molecule has 0 aliphatic carbocycles. The summed E-state index contributed by atoms with van der Waals surface area (Å²) in [5.74, 6) is 0.846. The molecule has 29 heavy (non-hydrogen) atoms. The number of nitriles is 1. The Kier molecular flexibility index (Phi) is 7.44. The largest absolute Gasteiger partial charge is 0.492 e. The second-order valence-corrected chi connectivity index (χ2v) is 8.00. The maximum Gasteiger partial charge on any atom is 0.234 e. The molecule has 0 radical (unpaired) electrons. The van der Waals surface area contributed by atoms with E-state index in [2.05, 4.69) is 26.9 Å². The first-order chi connectivity index (χ1) is 14.2. The topological polar surface area (TPSA) is 99.9 Å². The third-order valence-electron chi connectivity index (χ3n) is 3.68. The highest BCUT2D eigenvalue weighted by Gasteiger charge is 2.10. The first-order valence-corrected chi connectivity index (χ1v) is 10.7. The fraction of sp³-hybridized carbons (Fsp3) is 0.200. The number of anilines is 3. The Bertz CT molecular complexity index is 999. The average molecular weight is 426 g/mol. The molecule has 3 aromatic rings. The van der Waals surface area contributed by atoms with Crippen molar-refractivity contribution in [3.63, 3.8) is 0 Å². The molecule has 148 valence electrons. The van der Waals surface area contributed by atoms with Gasteiger partial charge in [0, 0.05) is 5.69 Å². The van der Waals surface area contributed by atoms with E-state index < -0.39 is 0 Å². The second kappa shape index (κ2) is 10.5. The Hall–Kier alpha value is -3.09. The summed E-state index contributed by atoms with van der Waals surface area (Å²) >= 11 is 2.70. The molecule has 0 fully saturated rings. The van der Waals surface area contributed by atoms with E-state index in [0.29, 0.717) is 28.2 Å². The van der Waals surface area contributed by atoms with E-state index in [1.54, 1.807) is 12.1 Å². The summed E-state index contributed by atoms with van der Waals surface area (Å²) < 4.78 is 6.29. The molecule has 7 nitrogen and oxygen atoms in total. The molecule has 0 aliphatic heterocycles. The summed E-state index contributed by atoms with van der Waals surface area (Å²) in [6.45, 7) is 2.51. The number of benzene rings is 2. The fourth-order valence-electron chi connectivity index (χ4n) is 2.41. The number of hydrogen-bond acceptors (Lipinski definition) is 8. The SMILES string of the molecule is CCOc1ccccc1Nc1nnc(SCC(=O)Nc2ccc(CC#N)cc2)s1. The van der Waals surface area contributed by atoms with Gasteiger partial charge in [-0.2, -0.15) is 5.26 Å². The van der Waals surface area contributed by atoms with Crippen molar-refractivity contribution >= 4 is 45.5 Å². The van der Waals surface area contributed by atoms with Gasteiger partial charge in [-0.1, -0.05) is 47.4 Å². The van der Waals surface area contributed by atoms with Crippen molar-refractivity contribution in [1.29, 1.82) is 5.26 Å². The number of nitrogens with zero attached hydrogens (tertiary/aromatic N) is 3. The van der Waals surface area contributed by atoms with Crippen LogP contribution in [0.5, 0.6) is 5.75 Å². The highest BCUT2D eigenvalue weighted by molar-refractivity contribution is 8.01. The molecule has 2 N–H and O–H groups in total. The summed E-state index contributed by atoms with van der Waals surface area (Å²) in [4.78, 5) is 12.2. The van der Waals surface area contributed by atoms with Gasteiger partial charge in [-0.15, -0.1) is 10.2 Å². The first kappa shape index (κ1) is 20.6. The van der Waals surface area contributed by atoms with E-state index in [4.69, 9.17) is 10.00 Å². The van der Waals surface area contributed by atoms with E-state index in [9.17, 15) is 4.79 Å². The normalized spacial score (nSPS) is 10.2. The molecular weight excluding hydrogens is 406 g/mol. The number of nitrogens with one attached hydrogen (secondary N) is 2. The van der Waals surface area contributed by atoms with Crippen LogP contribution in [0.25, 0.3) is 0 Å². The predicted octanol–water partition coefficient (Wildman–Crippen LogP) is 4.48. The van der Waals surface area contributed by atoms with Gasteiger partial charge < -0.3 is 15.4 Å². The van der Waals surface area contributed by atoms with Gasteiger partial charge in [0.2, 0.25) is 11.0 Å². The molecule has 0 saturated heterocycles. The zero-order chi connectivity index (χ0) is 20.5. The Labute approximate surface area is 177 Å². The van der Waals surface area contributed by atoms with E-state index >= 15 is 0 Å². The zero-order valence-corrected chi connectivity index (χ0v) is 17.3. The molecule has 1 aromatic heterocycles. The van der Waals surface area contributed by atoms with Gasteiger partial charge in [0.05, 0.1) is 30.5 Å². The molecule has 2 aromatic carbocycles. The number of thioether (sulfide) groups is 1. The Morgan fingerprint density at radius 2 is 2.00 bits per heavy atom. The lowest BCUT2D eigenvalue weighted by Gasteiger charge is -2.09. The maximum absolute atomic E-state index is 12.2. The zero-order valence-electron chi connectivity index (χ0n) is 15.7. The Balaban J connectivity index is 1.51. The van der Waals surface area contributed by atoms with Crippen molar-refractivity contribution in [2.24, 2.45) is 0 Å². The van der Waals surface area contributed by atoms with Crippen LogP contribution in [0.4, 0.5) is 16.5 Å². The number of hydrogen-bond donors (Lipinski definition) is 2. The number of carbonyl (C=O) groups excluding carboxylic acids is 1. The number of aromatic nitrogens is 2. The number of carbonyl (C=O) groups is 1. The first-order valence-electron chi connectivity index (χ1n) is 8.89. The predicted molar refractivity (Wildman–Crippen MR) is 116 cm³/mol. The molecule has 0 atom stereocenters. The van der Waals surface area contributed by atoms with Crippen molar-refractivity contribution in [3.05, 3.63) is 54.1 Å². The van der Waals surface area contributed by atoms with Crippen LogP contribution in [0.3, 0.4) is 0 Å². The smallest absolute Gasteiger partial charge is 0.234 e. The number of ether oxygens (including phenoxy) is 1. The molecule has 0 unspecified atom stereocenters. The number of amides is 1. The van der Waals surface area contributed by atoms with Gasteiger partial charge in [0.15, 0.2) is 4.34 Å². The lowest BCUT2D eigenvalue weighted by atomic mass is 10.1. The van der Waals surface area contributed by atoms with Gasteiger partial charge in [-0.25, -0.2) is 0 Å². The summed E-state index contributed by atoms with van der Waals surface area (Å²) in [6.07, 6.45) is 0.354. The minimum Gasteiger partial charge on any atom is -0.492 e. The number of rotatable bonds is 9. The minimum atomic E-state index is -0.130. The van der Waals surface area contributed by atoms with Crippen LogP contribution in [0.2, 0.25) is 0 Å². The lowest BCUT2D eigenvalue weighted by molar-refractivity contribution is -0.113. The van der Waals surface area contributed by atoms with Gasteiger partial charge >= 0.3 is 0 Å². The molecule has 0 bridgehead atoms. The third-order valence-corrected chi connectivity index (χ3v) is 5.65. The molecule has 3 rings (SSSR count). The average Bonchev–Trinajstić information content (AvgIpc) is 3.17. The molecule has 1 heterocycles. The van der Waals surface area contributed by atoms with E-state index in [-0.39, 0.29) is 11.7 Å².